The Morgan fingerprint density at radius 3 is 2.88 bits per heavy atom. The van der Waals surface area contributed by atoms with Crippen LogP contribution in [0.5, 0.6) is 11.6 Å². The molecule has 0 aliphatic carbocycles. The van der Waals surface area contributed by atoms with Gasteiger partial charge in [0.05, 0.1) is 5.02 Å². The smallest absolute Gasteiger partial charge is 0.223 e. The number of aromatic nitrogens is 1. The molecule has 0 saturated carbocycles. The molecule has 17 heavy (non-hydrogen) atoms. The van der Waals surface area contributed by atoms with E-state index >= 15 is 0 Å². The molecule has 88 valence electrons. The Hall–Kier alpha value is -1.13. The number of benzene rings is 1. The summed E-state index contributed by atoms with van der Waals surface area (Å²) in [5.41, 5.74) is 0.910. The highest BCUT2D eigenvalue weighted by Crippen LogP contribution is 2.27. The molecule has 0 saturated heterocycles. The number of alkyl halides is 1. The Morgan fingerprint density at radius 1 is 1.35 bits per heavy atom. The summed E-state index contributed by atoms with van der Waals surface area (Å²) in [5.74, 6) is 0.463. The van der Waals surface area contributed by atoms with Crippen LogP contribution in [-0.4, -0.2) is 4.98 Å². The van der Waals surface area contributed by atoms with E-state index in [9.17, 15) is 4.39 Å². The van der Waals surface area contributed by atoms with Crippen LogP contribution >= 0.6 is 27.5 Å². The topological polar surface area (TPSA) is 22.1 Å². The maximum atomic E-state index is 13.0. The molecule has 5 heteroatoms. The molecule has 0 atom stereocenters. The molecule has 0 aliphatic rings. The van der Waals surface area contributed by atoms with E-state index in [4.69, 9.17) is 16.3 Å². The van der Waals surface area contributed by atoms with E-state index in [2.05, 4.69) is 20.9 Å². The van der Waals surface area contributed by atoms with Gasteiger partial charge in [-0.15, -0.1) is 0 Å². The summed E-state index contributed by atoms with van der Waals surface area (Å²) in [6.07, 6.45) is 1.63. The van der Waals surface area contributed by atoms with Gasteiger partial charge in [-0.25, -0.2) is 9.37 Å². The average Bonchev–Trinajstić information content (AvgIpc) is 2.34. The first-order valence-electron chi connectivity index (χ1n) is 4.83. The third-order valence-electron chi connectivity index (χ3n) is 2.10. The SMILES string of the molecule is Fc1ccc(Oc2ncccc2CBr)cc1Cl. The predicted octanol–water partition coefficient (Wildman–Crippen LogP) is 4.56. The lowest BCUT2D eigenvalue weighted by Crippen LogP contribution is -1.92. The molecule has 1 aromatic heterocycles. The maximum absolute atomic E-state index is 13.0. The second kappa shape index (κ2) is 5.47. The van der Waals surface area contributed by atoms with Crippen LogP contribution in [0, 0.1) is 5.82 Å². The average molecular weight is 317 g/mol. The van der Waals surface area contributed by atoms with E-state index in [0.717, 1.165) is 5.56 Å². The minimum absolute atomic E-state index is 0.0267. The van der Waals surface area contributed by atoms with Gasteiger partial charge in [0.1, 0.15) is 11.6 Å². The zero-order chi connectivity index (χ0) is 12.3. The standard InChI is InChI=1S/C12H8BrClFNO/c13-7-8-2-1-5-16-12(8)17-9-3-4-11(15)10(14)6-9/h1-6H,7H2. The van der Waals surface area contributed by atoms with E-state index in [1.54, 1.807) is 6.20 Å². The Morgan fingerprint density at radius 2 is 2.18 bits per heavy atom. The lowest BCUT2D eigenvalue weighted by Gasteiger charge is -2.08. The quantitative estimate of drug-likeness (QED) is 0.774. The summed E-state index contributed by atoms with van der Waals surface area (Å²) in [7, 11) is 0. The first-order chi connectivity index (χ1) is 8.20. The van der Waals surface area contributed by atoms with Crippen molar-refractivity contribution in [3.05, 3.63) is 52.9 Å². The van der Waals surface area contributed by atoms with E-state index in [1.807, 2.05) is 12.1 Å². The lowest BCUT2D eigenvalue weighted by atomic mass is 10.3. The number of rotatable bonds is 3. The second-order valence-corrected chi connectivity index (χ2v) is 4.25. The Kier molecular flexibility index (Phi) is 3.97. The first kappa shape index (κ1) is 12.3. The summed E-state index contributed by atoms with van der Waals surface area (Å²) >= 11 is 9.01. The molecule has 0 unspecified atom stereocenters. The normalized spacial score (nSPS) is 10.3. The van der Waals surface area contributed by atoms with Crippen molar-refractivity contribution in [3.8, 4) is 11.6 Å². The van der Waals surface area contributed by atoms with Gasteiger partial charge in [0.2, 0.25) is 5.88 Å². The van der Waals surface area contributed by atoms with Crippen LogP contribution in [0.25, 0.3) is 0 Å². The zero-order valence-corrected chi connectivity index (χ0v) is 11.0. The molecule has 0 spiro atoms. The Labute approximate surface area is 112 Å². The molecule has 0 aliphatic heterocycles. The molecule has 2 rings (SSSR count). The number of nitrogens with zero attached hydrogens (tertiary/aromatic N) is 1. The van der Waals surface area contributed by atoms with Crippen molar-refractivity contribution in [2.24, 2.45) is 0 Å². The fourth-order valence-electron chi connectivity index (χ4n) is 1.27. The van der Waals surface area contributed by atoms with E-state index in [1.165, 1.54) is 18.2 Å². The maximum Gasteiger partial charge on any atom is 0.223 e. The predicted molar refractivity (Wildman–Crippen MR) is 68.4 cm³/mol. The first-order valence-corrected chi connectivity index (χ1v) is 6.33. The van der Waals surface area contributed by atoms with E-state index in [-0.39, 0.29) is 5.02 Å². The lowest BCUT2D eigenvalue weighted by molar-refractivity contribution is 0.457. The molecule has 0 fully saturated rings. The van der Waals surface area contributed by atoms with Gasteiger partial charge < -0.3 is 4.74 Å². The molecule has 0 amide bonds. The fraction of sp³-hybridized carbons (Fsp3) is 0.0833. The van der Waals surface area contributed by atoms with Crippen molar-refractivity contribution in [1.29, 1.82) is 0 Å². The van der Waals surface area contributed by atoms with Gasteiger partial charge in [0.25, 0.3) is 0 Å². The van der Waals surface area contributed by atoms with Gasteiger partial charge in [-0.3, -0.25) is 0 Å². The summed E-state index contributed by atoms with van der Waals surface area (Å²) < 4.78 is 18.5. The van der Waals surface area contributed by atoms with Crippen molar-refractivity contribution in [2.45, 2.75) is 5.33 Å². The Balaban J connectivity index is 2.28. The molecule has 1 aromatic carbocycles. The summed E-state index contributed by atoms with van der Waals surface area (Å²) in [6.45, 7) is 0. The van der Waals surface area contributed by atoms with Crippen LogP contribution in [0.2, 0.25) is 5.02 Å². The molecule has 2 nitrogen and oxygen atoms in total. The van der Waals surface area contributed by atoms with Crippen LogP contribution in [0.1, 0.15) is 5.56 Å². The molecule has 2 aromatic rings. The van der Waals surface area contributed by atoms with Crippen molar-refractivity contribution in [1.82, 2.24) is 4.98 Å². The number of ether oxygens (including phenoxy) is 1. The van der Waals surface area contributed by atoms with Gasteiger partial charge in [-0.05, 0) is 18.2 Å². The third-order valence-corrected chi connectivity index (χ3v) is 2.99. The van der Waals surface area contributed by atoms with Gasteiger partial charge >= 0.3 is 0 Å². The van der Waals surface area contributed by atoms with Crippen molar-refractivity contribution < 1.29 is 9.13 Å². The van der Waals surface area contributed by atoms with Gasteiger partial charge in [-0.2, -0.15) is 0 Å². The zero-order valence-electron chi connectivity index (χ0n) is 8.66. The Bertz CT molecular complexity index is 536. The number of halogens is 3. The fourth-order valence-corrected chi connectivity index (χ4v) is 1.87. The van der Waals surface area contributed by atoms with Crippen LogP contribution < -0.4 is 4.74 Å². The molecule has 0 radical (unpaired) electrons. The third kappa shape index (κ3) is 2.96. The molecular formula is C12H8BrClFNO. The second-order valence-electron chi connectivity index (χ2n) is 3.28. The minimum Gasteiger partial charge on any atom is -0.439 e. The van der Waals surface area contributed by atoms with Crippen molar-refractivity contribution in [3.63, 3.8) is 0 Å². The molecular weight excluding hydrogens is 308 g/mol. The summed E-state index contributed by atoms with van der Waals surface area (Å²) in [4.78, 5) is 4.11. The molecule has 0 bridgehead atoms. The monoisotopic (exact) mass is 315 g/mol. The number of hydrogen-bond donors (Lipinski definition) is 0. The summed E-state index contributed by atoms with van der Waals surface area (Å²) in [5, 5.41) is 0.657. The summed E-state index contributed by atoms with van der Waals surface area (Å²) in [6, 6.07) is 7.90. The van der Waals surface area contributed by atoms with Crippen LogP contribution in [-0.2, 0) is 5.33 Å². The molecule has 1 heterocycles. The van der Waals surface area contributed by atoms with Crippen LogP contribution in [0.3, 0.4) is 0 Å². The van der Waals surface area contributed by atoms with Gasteiger partial charge in [-0.1, -0.05) is 33.6 Å². The van der Waals surface area contributed by atoms with Crippen molar-refractivity contribution >= 4 is 27.5 Å². The van der Waals surface area contributed by atoms with Crippen LogP contribution in [0.4, 0.5) is 4.39 Å². The van der Waals surface area contributed by atoms with Crippen molar-refractivity contribution in [2.75, 3.05) is 0 Å². The van der Waals surface area contributed by atoms with E-state index < -0.39 is 5.82 Å². The largest absolute Gasteiger partial charge is 0.439 e. The highest BCUT2D eigenvalue weighted by molar-refractivity contribution is 9.08. The van der Waals surface area contributed by atoms with Crippen LogP contribution in [0.15, 0.2) is 36.5 Å². The minimum atomic E-state index is -0.472. The highest BCUT2D eigenvalue weighted by atomic mass is 79.9. The highest BCUT2D eigenvalue weighted by Gasteiger charge is 2.07. The van der Waals surface area contributed by atoms with Gasteiger partial charge in [0, 0.05) is 23.2 Å². The number of hydrogen-bond acceptors (Lipinski definition) is 2. The molecule has 0 N–H and O–H groups in total. The number of pyridine rings is 1. The van der Waals surface area contributed by atoms with E-state index in [0.29, 0.717) is 17.0 Å². The van der Waals surface area contributed by atoms with Gasteiger partial charge in [0.15, 0.2) is 0 Å².